The van der Waals surface area contributed by atoms with Crippen molar-refractivity contribution in [1.82, 2.24) is 15.8 Å². The van der Waals surface area contributed by atoms with Crippen molar-refractivity contribution in [2.75, 3.05) is 6.54 Å². The lowest BCUT2D eigenvalue weighted by Crippen LogP contribution is -2.35. The van der Waals surface area contributed by atoms with Crippen LogP contribution in [0.5, 0.6) is 0 Å². The maximum Gasteiger partial charge on any atom is 0.315 e. The summed E-state index contributed by atoms with van der Waals surface area (Å²) in [6.45, 7) is 2.36. The Balaban J connectivity index is 2.05. The molecule has 7 heteroatoms. The number of urea groups is 1. The third-order valence-electron chi connectivity index (χ3n) is 2.44. The Morgan fingerprint density at radius 1 is 1.50 bits per heavy atom. The summed E-state index contributed by atoms with van der Waals surface area (Å²) in [5, 5.41) is 17.4. The van der Waals surface area contributed by atoms with Gasteiger partial charge in [0.2, 0.25) is 0 Å². The van der Waals surface area contributed by atoms with E-state index >= 15 is 0 Å². The Kier molecular flexibility index (Phi) is 5.69. The Hall–Kier alpha value is -2.05. The molecule has 100 valence electrons. The van der Waals surface area contributed by atoms with E-state index < -0.39 is 5.97 Å². The number of rotatable bonds is 7. The highest BCUT2D eigenvalue weighted by molar-refractivity contribution is 5.73. The van der Waals surface area contributed by atoms with Crippen LogP contribution in [0.15, 0.2) is 16.8 Å². The molecule has 0 aliphatic carbocycles. The summed E-state index contributed by atoms with van der Waals surface area (Å²) >= 11 is 0. The molecule has 0 aliphatic heterocycles. The fraction of sp³-hybridized carbons (Fsp3) is 0.545. The Morgan fingerprint density at radius 2 is 2.28 bits per heavy atom. The van der Waals surface area contributed by atoms with Crippen molar-refractivity contribution in [2.45, 2.75) is 26.3 Å². The summed E-state index contributed by atoms with van der Waals surface area (Å²) in [5.41, 5.74) is 0. The van der Waals surface area contributed by atoms with Crippen LogP contribution in [0.1, 0.15) is 25.5 Å². The molecule has 2 amide bonds. The first-order valence-corrected chi connectivity index (χ1v) is 5.73. The molecule has 1 aromatic rings. The molecule has 1 heterocycles. The molecule has 7 nitrogen and oxygen atoms in total. The molecule has 1 aromatic heterocycles. The smallest absolute Gasteiger partial charge is 0.315 e. The second kappa shape index (κ2) is 7.31. The summed E-state index contributed by atoms with van der Waals surface area (Å²) in [6, 6.07) is 1.35. The average molecular weight is 255 g/mol. The van der Waals surface area contributed by atoms with E-state index in [9.17, 15) is 9.59 Å². The van der Waals surface area contributed by atoms with Crippen molar-refractivity contribution >= 4 is 12.0 Å². The average Bonchev–Trinajstić information content (AvgIpc) is 2.84. The molecule has 0 spiro atoms. The summed E-state index contributed by atoms with van der Waals surface area (Å²) < 4.78 is 4.81. The molecule has 1 atom stereocenters. The van der Waals surface area contributed by atoms with Crippen LogP contribution in [0.3, 0.4) is 0 Å². The third kappa shape index (κ3) is 5.33. The molecule has 0 radical (unpaired) electrons. The Labute approximate surface area is 105 Å². The van der Waals surface area contributed by atoms with Gasteiger partial charge in [-0.15, -0.1) is 0 Å². The first-order chi connectivity index (χ1) is 8.59. The monoisotopic (exact) mass is 255 g/mol. The fourth-order valence-corrected chi connectivity index (χ4v) is 1.30. The number of carboxylic acids is 1. The maximum atomic E-state index is 11.3. The summed E-state index contributed by atoms with van der Waals surface area (Å²) in [4.78, 5) is 21.9. The zero-order valence-corrected chi connectivity index (χ0v) is 10.2. The van der Waals surface area contributed by atoms with Crippen LogP contribution in [0.2, 0.25) is 0 Å². The van der Waals surface area contributed by atoms with Crippen LogP contribution in [0.4, 0.5) is 4.79 Å². The molecule has 0 fully saturated rings. The highest BCUT2D eigenvalue weighted by atomic mass is 16.5. The van der Waals surface area contributed by atoms with Gasteiger partial charge in [0, 0.05) is 12.6 Å². The maximum absolute atomic E-state index is 11.3. The molecule has 3 N–H and O–H groups in total. The number of amides is 2. The predicted octanol–water partition coefficient (Wildman–Crippen LogP) is 0.975. The fourth-order valence-electron chi connectivity index (χ4n) is 1.30. The molecular formula is C11H17N3O4. The van der Waals surface area contributed by atoms with Crippen molar-refractivity contribution in [3.63, 3.8) is 0 Å². The van der Waals surface area contributed by atoms with E-state index in [1.807, 2.05) is 0 Å². The number of carbonyl (C=O) groups excluding carboxylic acids is 1. The first kappa shape index (κ1) is 14.0. The van der Waals surface area contributed by atoms with Crippen LogP contribution in [-0.4, -0.2) is 28.8 Å². The minimum absolute atomic E-state index is 0.275. The van der Waals surface area contributed by atoms with E-state index in [2.05, 4.69) is 15.8 Å². The van der Waals surface area contributed by atoms with Gasteiger partial charge in [0.15, 0.2) is 5.76 Å². The van der Waals surface area contributed by atoms with Gasteiger partial charge >= 0.3 is 12.0 Å². The molecule has 1 rings (SSSR count). The van der Waals surface area contributed by atoms with Gasteiger partial charge in [-0.3, -0.25) is 4.79 Å². The number of nitrogens with one attached hydrogen (secondary N) is 2. The van der Waals surface area contributed by atoms with E-state index in [0.29, 0.717) is 25.1 Å². The van der Waals surface area contributed by atoms with Crippen LogP contribution < -0.4 is 10.6 Å². The standard InChI is InChI=1S/C11H17N3O4/c1-8(10(15)16)3-2-5-12-11(17)13-7-9-4-6-14-18-9/h4,6,8H,2-3,5,7H2,1H3,(H,15,16)(H2,12,13,17). The van der Waals surface area contributed by atoms with Gasteiger partial charge in [0.25, 0.3) is 0 Å². The third-order valence-corrected chi connectivity index (χ3v) is 2.44. The normalized spacial score (nSPS) is 11.8. The minimum Gasteiger partial charge on any atom is -0.481 e. The van der Waals surface area contributed by atoms with E-state index in [0.717, 1.165) is 0 Å². The second-order valence-electron chi connectivity index (χ2n) is 3.97. The van der Waals surface area contributed by atoms with Gasteiger partial charge in [0.1, 0.15) is 0 Å². The van der Waals surface area contributed by atoms with Crippen molar-refractivity contribution in [1.29, 1.82) is 0 Å². The summed E-state index contributed by atoms with van der Waals surface area (Å²) in [7, 11) is 0. The quantitative estimate of drug-likeness (QED) is 0.630. The molecule has 0 aromatic carbocycles. The zero-order chi connectivity index (χ0) is 13.4. The number of nitrogens with zero attached hydrogens (tertiary/aromatic N) is 1. The first-order valence-electron chi connectivity index (χ1n) is 5.73. The van der Waals surface area contributed by atoms with Gasteiger partial charge in [-0.05, 0) is 12.8 Å². The zero-order valence-electron chi connectivity index (χ0n) is 10.2. The topological polar surface area (TPSA) is 104 Å². The highest BCUT2D eigenvalue weighted by Gasteiger charge is 2.10. The molecule has 18 heavy (non-hydrogen) atoms. The lowest BCUT2D eigenvalue weighted by molar-refractivity contribution is -0.141. The molecule has 0 saturated carbocycles. The number of hydrogen-bond donors (Lipinski definition) is 3. The van der Waals surface area contributed by atoms with Crippen molar-refractivity contribution in [3.05, 3.63) is 18.0 Å². The van der Waals surface area contributed by atoms with Crippen LogP contribution in [-0.2, 0) is 11.3 Å². The summed E-state index contributed by atoms with van der Waals surface area (Å²) in [6.07, 6.45) is 2.67. The molecular weight excluding hydrogens is 238 g/mol. The lowest BCUT2D eigenvalue weighted by Gasteiger charge is -2.08. The number of carbonyl (C=O) groups is 2. The lowest BCUT2D eigenvalue weighted by atomic mass is 10.1. The summed E-state index contributed by atoms with van der Waals surface area (Å²) in [5.74, 6) is -0.626. The SMILES string of the molecule is CC(CCCNC(=O)NCc1ccno1)C(=O)O. The van der Waals surface area contributed by atoms with Gasteiger partial charge < -0.3 is 20.3 Å². The second-order valence-corrected chi connectivity index (χ2v) is 3.97. The highest BCUT2D eigenvalue weighted by Crippen LogP contribution is 2.04. The number of aromatic nitrogens is 1. The number of hydrogen-bond acceptors (Lipinski definition) is 4. The molecule has 0 saturated heterocycles. The Bertz CT molecular complexity index is 378. The van der Waals surface area contributed by atoms with Crippen molar-refractivity contribution in [2.24, 2.45) is 5.92 Å². The van der Waals surface area contributed by atoms with E-state index in [4.69, 9.17) is 9.63 Å². The van der Waals surface area contributed by atoms with Crippen LogP contribution in [0, 0.1) is 5.92 Å². The van der Waals surface area contributed by atoms with Gasteiger partial charge in [-0.25, -0.2) is 4.79 Å². The van der Waals surface area contributed by atoms with Gasteiger partial charge in [0.05, 0.1) is 18.7 Å². The van der Waals surface area contributed by atoms with Gasteiger partial charge in [-0.1, -0.05) is 12.1 Å². The predicted molar refractivity (Wildman–Crippen MR) is 62.8 cm³/mol. The number of carboxylic acid groups (broad SMARTS) is 1. The van der Waals surface area contributed by atoms with E-state index in [1.165, 1.54) is 6.20 Å². The molecule has 0 bridgehead atoms. The Morgan fingerprint density at radius 3 is 2.89 bits per heavy atom. The number of aliphatic carboxylic acids is 1. The molecule has 0 aliphatic rings. The largest absolute Gasteiger partial charge is 0.481 e. The van der Waals surface area contributed by atoms with Gasteiger partial charge in [-0.2, -0.15) is 0 Å². The van der Waals surface area contributed by atoms with E-state index in [-0.39, 0.29) is 18.5 Å². The van der Waals surface area contributed by atoms with Crippen LogP contribution in [0.25, 0.3) is 0 Å². The van der Waals surface area contributed by atoms with E-state index in [1.54, 1.807) is 13.0 Å². The van der Waals surface area contributed by atoms with Crippen molar-refractivity contribution in [3.8, 4) is 0 Å². The van der Waals surface area contributed by atoms with Crippen LogP contribution >= 0.6 is 0 Å². The van der Waals surface area contributed by atoms with Crippen molar-refractivity contribution < 1.29 is 19.2 Å². The minimum atomic E-state index is -0.815. The molecule has 1 unspecified atom stereocenters.